The van der Waals surface area contributed by atoms with Gasteiger partial charge in [-0.15, -0.1) is 24.0 Å². The second-order valence-electron chi connectivity index (χ2n) is 5.20. The predicted molar refractivity (Wildman–Crippen MR) is 97.0 cm³/mol. The van der Waals surface area contributed by atoms with E-state index in [4.69, 9.17) is 16.6 Å². The lowest BCUT2D eigenvalue weighted by Crippen LogP contribution is -2.07. The number of aromatic nitrogens is 2. The maximum Gasteiger partial charge on any atom is 0.111 e. The van der Waals surface area contributed by atoms with Gasteiger partial charge in [0.1, 0.15) is 5.82 Å². The van der Waals surface area contributed by atoms with Gasteiger partial charge in [-0.3, -0.25) is 0 Å². The Morgan fingerprint density at radius 3 is 2.52 bits per heavy atom. The lowest BCUT2D eigenvalue weighted by Gasteiger charge is -2.14. The molecule has 112 valence electrons. The highest BCUT2D eigenvalue weighted by molar-refractivity contribution is 9.10. The van der Waals surface area contributed by atoms with Gasteiger partial charge in [0.2, 0.25) is 0 Å². The first-order chi connectivity index (χ1) is 9.63. The van der Waals surface area contributed by atoms with Crippen LogP contribution in [0, 0.1) is 0 Å². The van der Waals surface area contributed by atoms with E-state index in [1.165, 1.54) is 16.3 Å². The van der Waals surface area contributed by atoms with Crippen LogP contribution in [0.1, 0.15) is 25.7 Å². The SMILES string of the molecule is CC(C)n1c(CCCl)nc2cc(Br)c3ccccc3c21.Cl. The lowest BCUT2D eigenvalue weighted by atomic mass is 10.1. The van der Waals surface area contributed by atoms with Gasteiger partial charge in [-0.05, 0) is 25.3 Å². The first-order valence-corrected chi connectivity index (χ1v) is 8.10. The Labute approximate surface area is 144 Å². The van der Waals surface area contributed by atoms with Gasteiger partial charge in [0.05, 0.1) is 11.0 Å². The molecule has 0 amide bonds. The molecule has 0 bridgehead atoms. The molecule has 0 atom stereocenters. The van der Waals surface area contributed by atoms with E-state index < -0.39 is 0 Å². The average molecular weight is 388 g/mol. The summed E-state index contributed by atoms with van der Waals surface area (Å²) >= 11 is 9.58. The van der Waals surface area contributed by atoms with Gasteiger partial charge in [0, 0.05) is 28.2 Å². The molecule has 0 aliphatic heterocycles. The zero-order valence-electron chi connectivity index (χ0n) is 11.9. The molecule has 0 radical (unpaired) electrons. The van der Waals surface area contributed by atoms with Crippen molar-refractivity contribution in [2.75, 3.05) is 5.88 Å². The molecule has 0 aliphatic rings. The van der Waals surface area contributed by atoms with Gasteiger partial charge in [-0.1, -0.05) is 40.2 Å². The van der Waals surface area contributed by atoms with E-state index in [1.54, 1.807) is 0 Å². The number of hydrogen-bond donors (Lipinski definition) is 0. The number of rotatable bonds is 3. The van der Waals surface area contributed by atoms with E-state index in [1.807, 2.05) is 0 Å². The van der Waals surface area contributed by atoms with Crippen LogP contribution in [0.2, 0.25) is 0 Å². The highest BCUT2D eigenvalue weighted by Crippen LogP contribution is 2.34. The molecule has 3 aromatic rings. The first kappa shape index (κ1) is 16.6. The van der Waals surface area contributed by atoms with E-state index in [9.17, 15) is 0 Å². The fourth-order valence-electron chi connectivity index (χ4n) is 2.78. The molecule has 0 aliphatic carbocycles. The van der Waals surface area contributed by atoms with Gasteiger partial charge in [-0.2, -0.15) is 0 Å². The fraction of sp³-hybridized carbons (Fsp3) is 0.312. The number of halogens is 3. The van der Waals surface area contributed by atoms with Crippen molar-refractivity contribution in [2.45, 2.75) is 26.3 Å². The second-order valence-corrected chi connectivity index (χ2v) is 6.43. The Balaban J connectivity index is 0.00000161. The van der Waals surface area contributed by atoms with E-state index in [2.05, 4.69) is 64.7 Å². The third-order valence-corrected chi connectivity index (χ3v) is 4.39. The maximum absolute atomic E-state index is 5.93. The van der Waals surface area contributed by atoms with Crippen LogP contribution < -0.4 is 0 Å². The van der Waals surface area contributed by atoms with Crippen molar-refractivity contribution in [3.05, 3.63) is 40.6 Å². The molecule has 21 heavy (non-hydrogen) atoms. The minimum absolute atomic E-state index is 0. The summed E-state index contributed by atoms with van der Waals surface area (Å²) in [5, 5.41) is 2.46. The second kappa shape index (κ2) is 6.55. The summed E-state index contributed by atoms with van der Waals surface area (Å²) in [7, 11) is 0. The number of imidazole rings is 1. The molecule has 0 fully saturated rings. The summed E-state index contributed by atoms with van der Waals surface area (Å²) in [6.45, 7) is 4.38. The molecule has 3 rings (SSSR count). The van der Waals surface area contributed by atoms with Crippen molar-refractivity contribution >= 4 is 61.7 Å². The first-order valence-electron chi connectivity index (χ1n) is 6.77. The highest BCUT2D eigenvalue weighted by Gasteiger charge is 2.16. The van der Waals surface area contributed by atoms with Crippen LogP contribution in [0.5, 0.6) is 0 Å². The Kier molecular flexibility index (Phi) is 5.18. The Morgan fingerprint density at radius 2 is 1.90 bits per heavy atom. The van der Waals surface area contributed by atoms with E-state index in [0.717, 1.165) is 22.2 Å². The molecule has 2 nitrogen and oxygen atoms in total. The normalized spacial score (nSPS) is 11.3. The average Bonchev–Trinajstić information content (AvgIpc) is 2.78. The third kappa shape index (κ3) is 2.79. The molecule has 0 saturated heterocycles. The smallest absolute Gasteiger partial charge is 0.111 e. The summed E-state index contributed by atoms with van der Waals surface area (Å²) < 4.78 is 3.40. The van der Waals surface area contributed by atoms with E-state index >= 15 is 0 Å². The van der Waals surface area contributed by atoms with Gasteiger partial charge in [0.25, 0.3) is 0 Å². The molecule has 5 heteroatoms. The molecule has 0 unspecified atom stereocenters. The third-order valence-electron chi connectivity index (χ3n) is 3.55. The lowest BCUT2D eigenvalue weighted by molar-refractivity contribution is 0.590. The number of fused-ring (bicyclic) bond motifs is 3. The minimum Gasteiger partial charge on any atom is -0.325 e. The van der Waals surface area contributed by atoms with Gasteiger partial charge >= 0.3 is 0 Å². The predicted octanol–water partition coefficient (Wildman–Crippen LogP) is 5.74. The van der Waals surface area contributed by atoms with Crippen LogP contribution in [0.25, 0.3) is 21.8 Å². The summed E-state index contributed by atoms with van der Waals surface area (Å²) in [6, 6.07) is 10.9. The number of hydrogen-bond acceptors (Lipinski definition) is 1. The van der Waals surface area contributed by atoms with Crippen molar-refractivity contribution in [1.29, 1.82) is 0 Å². The van der Waals surface area contributed by atoms with Gasteiger partial charge < -0.3 is 4.57 Å². The Morgan fingerprint density at radius 1 is 1.24 bits per heavy atom. The molecule has 1 aromatic heterocycles. The Bertz CT molecular complexity index is 781. The zero-order valence-corrected chi connectivity index (χ0v) is 15.1. The topological polar surface area (TPSA) is 17.8 Å². The molecule has 1 heterocycles. The van der Waals surface area contributed by atoms with Crippen LogP contribution in [0.4, 0.5) is 0 Å². The fourth-order valence-corrected chi connectivity index (χ4v) is 3.51. The zero-order chi connectivity index (χ0) is 14.3. The number of benzene rings is 2. The van der Waals surface area contributed by atoms with E-state index in [0.29, 0.717) is 11.9 Å². The summed E-state index contributed by atoms with van der Waals surface area (Å²) in [4.78, 5) is 4.78. The molecule has 2 aromatic carbocycles. The molecule has 0 spiro atoms. The van der Waals surface area contributed by atoms with Crippen molar-refractivity contribution in [1.82, 2.24) is 9.55 Å². The quantitative estimate of drug-likeness (QED) is 0.524. The molecule has 0 N–H and O–H groups in total. The number of alkyl halides is 1. The largest absolute Gasteiger partial charge is 0.325 e. The maximum atomic E-state index is 5.93. The van der Waals surface area contributed by atoms with Crippen LogP contribution >= 0.6 is 39.9 Å². The molecule has 0 saturated carbocycles. The highest BCUT2D eigenvalue weighted by atomic mass is 79.9. The standard InChI is InChI=1S/C16H16BrClN2.ClH/c1-10(2)20-15(7-8-18)19-14-9-13(17)11-5-3-4-6-12(11)16(14)20;/h3-6,9-10H,7-8H2,1-2H3;1H. The van der Waals surface area contributed by atoms with E-state index in [-0.39, 0.29) is 12.4 Å². The van der Waals surface area contributed by atoms with Crippen molar-refractivity contribution in [2.24, 2.45) is 0 Å². The van der Waals surface area contributed by atoms with Crippen LogP contribution in [-0.2, 0) is 6.42 Å². The summed E-state index contributed by atoms with van der Waals surface area (Å²) in [6.07, 6.45) is 0.792. The monoisotopic (exact) mass is 386 g/mol. The molecular weight excluding hydrogens is 371 g/mol. The summed E-state index contributed by atoms with van der Waals surface area (Å²) in [5.41, 5.74) is 2.24. The van der Waals surface area contributed by atoms with Crippen LogP contribution in [0.15, 0.2) is 34.8 Å². The van der Waals surface area contributed by atoms with Crippen LogP contribution in [0.3, 0.4) is 0 Å². The van der Waals surface area contributed by atoms with Gasteiger partial charge in [0.15, 0.2) is 0 Å². The number of aryl methyl sites for hydroxylation is 1. The number of nitrogens with zero attached hydrogens (tertiary/aromatic N) is 2. The van der Waals surface area contributed by atoms with Gasteiger partial charge in [-0.25, -0.2) is 4.98 Å². The minimum atomic E-state index is 0. The van der Waals surface area contributed by atoms with Crippen molar-refractivity contribution in [3.8, 4) is 0 Å². The summed E-state index contributed by atoms with van der Waals surface area (Å²) in [5.74, 6) is 1.66. The van der Waals surface area contributed by atoms with Crippen molar-refractivity contribution < 1.29 is 0 Å². The van der Waals surface area contributed by atoms with Crippen molar-refractivity contribution in [3.63, 3.8) is 0 Å². The van der Waals surface area contributed by atoms with Crippen LogP contribution in [-0.4, -0.2) is 15.4 Å². The molecular formula is C16H17BrCl2N2. The Hall–Kier alpha value is -0.770.